The highest BCUT2D eigenvalue weighted by molar-refractivity contribution is 6.06. The number of amides is 2. The number of aromatic amines is 1. The minimum atomic E-state index is -0.553. The van der Waals surface area contributed by atoms with Crippen LogP contribution in [0.2, 0.25) is 0 Å². The van der Waals surface area contributed by atoms with Crippen molar-refractivity contribution in [3.8, 4) is 0 Å². The summed E-state index contributed by atoms with van der Waals surface area (Å²) in [5, 5.41) is 6.72. The van der Waals surface area contributed by atoms with Crippen LogP contribution in [-0.2, 0) is 4.79 Å². The SMILES string of the molecule is CNCC(=O)N(C)CC(=O)n1ccc2ccc(NC(=O)c3c[nH]c4ccccc4c3=O)cc21. The summed E-state index contributed by atoms with van der Waals surface area (Å²) in [6, 6.07) is 13.9. The number of pyridine rings is 1. The quantitative estimate of drug-likeness (QED) is 0.420. The van der Waals surface area contributed by atoms with Gasteiger partial charge in [0, 0.05) is 41.4 Å². The van der Waals surface area contributed by atoms with Crippen LogP contribution in [0.3, 0.4) is 0 Å². The van der Waals surface area contributed by atoms with Gasteiger partial charge in [0.1, 0.15) is 12.1 Å². The fraction of sp³-hybridized carbons (Fsp3) is 0.167. The highest BCUT2D eigenvalue weighted by Crippen LogP contribution is 2.21. The molecule has 0 atom stereocenters. The van der Waals surface area contributed by atoms with E-state index in [0.29, 0.717) is 22.1 Å². The summed E-state index contributed by atoms with van der Waals surface area (Å²) in [6.45, 7) is 0.0492. The fourth-order valence-corrected chi connectivity index (χ4v) is 3.61. The summed E-state index contributed by atoms with van der Waals surface area (Å²) in [5.74, 6) is -1.04. The first-order chi connectivity index (χ1) is 15.9. The molecule has 0 unspecified atom stereocenters. The van der Waals surface area contributed by atoms with E-state index < -0.39 is 5.91 Å². The zero-order valence-corrected chi connectivity index (χ0v) is 18.2. The molecule has 0 bridgehead atoms. The Labute approximate surface area is 189 Å². The van der Waals surface area contributed by atoms with Crippen LogP contribution in [0.4, 0.5) is 5.69 Å². The molecule has 33 heavy (non-hydrogen) atoms. The van der Waals surface area contributed by atoms with Crippen molar-refractivity contribution < 1.29 is 14.4 Å². The molecule has 2 amide bonds. The first kappa shape index (κ1) is 22.0. The van der Waals surface area contributed by atoms with Gasteiger partial charge in [-0.1, -0.05) is 18.2 Å². The van der Waals surface area contributed by atoms with E-state index in [1.54, 1.807) is 68.8 Å². The first-order valence-corrected chi connectivity index (χ1v) is 10.3. The van der Waals surface area contributed by atoms with Gasteiger partial charge in [-0.25, -0.2) is 0 Å². The lowest BCUT2D eigenvalue weighted by atomic mass is 10.1. The molecule has 4 rings (SSSR count). The molecule has 9 nitrogen and oxygen atoms in total. The lowest BCUT2D eigenvalue weighted by Crippen LogP contribution is -2.38. The number of carbonyl (C=O) groups excluding carboxylic acids is 3. The van der Waals surface area contributed by atoms with E-state index in [-0.39, 0.29) is 35.9 Å². The maximum atomic E-state index is 12.8. The molecule has 2 aromatic carbocycles. The van der Waals surface area contributed by atoms with Gasteiger partial charge < -0.3 is 20.5 Å². The number of para-hydroxylation sites is 1. The molecule has 3 N–H and O–H groups in total. The number of aromatic nitrogens is 2. The van der Waals surface area contributed by atoms with Crippen molar-refractivity contribution in [1.82, 2.24) is 19.8 Å². The Hall–Kier alpha value is -4.24. The van der Waals surface area contributed by atoms with Gasteiger partial charge in [-0.3, -0.25) is 23.7 Å². The van der Waals surface area contributed by atoms with Crippen LogP contribution in [0, 0.1) is 0 Å². The molecule has 2 heterocycles. The predicted octanol–water partition coefficient (Wildman–Crippen LogP) is 2.05. The van der Waals surface area contributed by atoms with Gasteiger partial charge in [0.25, 0.3) is 11.8 Å². The van der Waals surface area contributed by atoms with Crippen molar-refractivity contribution >= 4 is 45.2 Å². The molecule has 0 spiro atoms. The van der Waals surface area contributed by atoms with Gasteiger partial charge in [0.05, 0.1) is 12.1 Å². The second-order valence-corrected chi connectivity index (χ2v) is 7.66. The maximum absolute atomic E-state index is 12.8. The van der Waals surface area contributed by atoms with Gasteiger partial charge in [0.2, 0.25) is 11.3 Å². The average Bonchev–Trinajstić information content (AvgIpc) is 3.23. The minimum Gasteiger partial charge on any atom is -0.360 e. The molecule has 4 aromatic rings. The molecule has 0 aliphatic carbocycles. The van der Waals surface area contributed by atoms with Crippen LogP contribution in [0.1, 0.15) is 15.2 Å². The second kappa shape index (κ2) is 9.09. The molecule has 0 aliphatic rings. The van der Waals surface area contributed by atoms with Crippen molar-refractivity contribution in [3.05, 3.63) is 76.7 Å². The number of H-pyrrole nitrogens is 1. The Morgan fingerprint density at radius 3 is 2.67 bits per heavy atom. The van der Waals surface area contributed by atoms with Crippen molar-refractivity contribution in [2.45, 2.75) is 0 Å². The van der Waals surface area contributed by atoms with Gasteiger partial charge >= 0.3 is 0 Å². The van der Waals surface area contributed by atoms with Gasteiger partial charge in [-0.15, -0.1) is 0 Å². The Bertz CT molecular complexity index is 1440. The Morgan fingerprint density at radius 1 is 1.09 bits per heavy atom. The third kappa shape index (κ3) is 4.39. The number of hydrogen-bond acceptors (Lipinski definition) is 5. The summed E-state index contributed by atoms with van der Waals surface area (Å²) < 4.78 is 1.44. The van der Waals surface area contributed by atoms with E-state index in [1.165, 1.54) is 15.7 Å². The first-order valence-electron chi connectivity index (χ1n) is 10.3. The predicted molar refractivity (Wildman–Crippen MR) is 127 cm³/mol. The third-order valence-corrected chi connectivity index (χ3v) is 5.38. The van der Waals surface area contributed by atoms with Gasteiger partial charge in [-0.2, -0.15) is 0 Å². The number of likely N-dealkylation sites (N-methyl/N-ethyl adjacent to an activating group) is 2. The molecule has 2 aromatic heterocycles. The molecule has 0 radical (unpaired) electrons. The summed E-state index contributed by atoms with van der Waals surface area (Å²) in [5.41, 5.74) is 1.29. The van der Waals surface area contributed by atoms with Crippen molar-refractivity contribution in [1.29, 1.82) is 0 Å². The molecule has 168 valence electrons. The van der Waals surface area contributed by atoms with Crippen LogP contribution >= 0.6 is 0 Å². The van der Waals surface area contributed by atoms with E-state index in [9.17, 15) is 19.2 Å². The minimum absolute atomic E-state index is 0.00933. The highest BCUT2D eigenvalue weighted by Gasteiger charge is 2.17. The lowest BCUT2D eigenvalue weighted by Gasteiger charge is -2.16. The fourth-order valence-electron chi connectivity index (χ4n) is 3.61. The molecule has 0 saturated heterocycles. The van der Waals surface area contributed by atoms with E-state index in [0.717, 1.165) is 5.39 Å². The van der Waals surface area contributed by atoms with E-state index in [2.05, 4.69) is 15.6 Å². The molecule has 0 saturated carbocycles. The number of benzene rings is 2. The normalized spacial score (nSPS) is 11.0. The molecular weight excluding hydrogens is 422 g/mol. The van der Waals surface area contributed by atoms with Crippen LogP contribution in [0.15, 0.2) is 65.7 Å². The summed E-state index contributed by atoms with van der Waals surface area (Å²) in [7, 11) is 3.23. The summed E-state index contributed by atoms with van der Waals surface area (Å²) in [4.78, 5) is 54.6. The topological polar surface area (TPSA) is 116 Å². The monoisotopic (exact) mass is 445 g/mol. The van der Waals surface area contributed by atoms with E-state index in [1.807, 2.05) is 0 Å². The number of carbonyl (C=O) groups is 3. The van der Waals surface area contributed by atoms with Crippen LogP contribution in [-0.4, -0.2) is 59.4 Å². The Balaban J connectivity index is 1.58. The standard InChI is InChI=1S/C24H23N5O4/c1-25-13-21(30)28(2)14-22(31)29-10-9-15-7-8-16(11-20(15)29)27-24(33)18-12-26-19-6-4-3-5-17(19)23(18)32/h3-12,25H,13-14H2,1-2H3,(H,26,32)(H,27,33). The number of hydrogen-bond donors (Lipinski definition) is 3. The maximum Gasteiger partial charge on any atom is 0.261 e. The second-order valence-electron chi connectivity index (χ2n) is 7.66. The zero-order chi connectivity index (χ0) is 23.5. The highest BCUT2D eigenvalue weighted by atomic mass is 16.2. The van der Waals surface area contributed by atoms with Crippen molar-refractivity contribution in [2.75, 3.05) is 32.5 Å². The molecule has 0 fully saturated rings. The summed E-state index contributed by atoms with van der Waals surface area (Å²) in [6.07, 6.45) is 3.02. The summed E-state index contributed by atoms with van der Waals surface area (Å²) >= 11 is 0. The van der Waals surface area contributed by atoms with Crippen molar-refractivity contribution in [3.63, 3.8) is 0 Å². The van der Waals surface area contributed by atoms with Crippen LogP contribution in [0.25, 0.3) is 21.8 Å². The number of anilines is 1. The number of rotatable bonds is 6. The van der Waals surface area contributed by atoms with Gasteiger partial charge in [-0.05, 0) is 37.4 Å². The van der Waals surface area contributed by atoms with Crippen molar-refractivity contribution in [2.24, 2.45) is 0 Å². The van der Waals surface area contributed by atoms with E-state index in [4.69, 9.17) is 0 Å². The molecule has 0 aliphatic heterocycles. The number of nitrogens with one attached hydrogen (secondary N) is 3. The van der Waals surface area contributed by atoms with E-state index >= 15 is 0 Å². The van der Waals surface area contributed by atoms with Gasteiger partial charge in [0.15, 0.2) is 0 Å². The largest absolute Gasteiger partial charge is 0.360 e. The molecular formula is C24H23N5O4. The number of fused-ring (bicyclic) bond motifs is 2. The number of nitrogens with zero attached hydrogens (tertiary/aromatic N) is 2. The third-order valence-electron chi connectivity index (χ3n) is 5.38. The smallest absolute Gasteiger partial charge is 0.261 e. The Morgan fingerprint density at radius 2 is 1.88 bits per heavy atom. The zero-order valence-electron chi connectivity index (χ0n) is 18.2. The molecule has 9 heteroatoms. The Kier molecular flexibility index (Phi) is 6.05. The van der Waals surface area contributed by atoms with Crippen LogP contribution in [0.5, 0.6) is 0 Å². The van der Waals surface area contributed by atoms with Crippen LogP contribution < -0.4 is 16.1 Å². The average molecular weight is 445 g/mol. The lowest BCUT2D eigenvalue weighted by molar-refractivity contribution is -0.128.